The van der Waals surface area contributed by atoms with Gasteiger partial charge >= 0.3 is 0 Å². The minimum atomic E-state index is -1.41. The van der Waals surface area contributed by atoms with Crippen molar-refractivity contribution in [3.63, 3.8) is 0 Å². The number of rotatable bonds is 18. The summed E-state index contributed by atoms with van der Waals surface area (Å²) in [6.07, 6.45) is 12.5. The SMILES string of the molecule is C=CCOC12Oc3ccc(O)cc3C3C(CCCCO)C(CCCCO)C=C(C(=NOC(C)(C)C)CC1N(CCC)C(=O)C=Cc1ccc([N+](=O)[O-])cc1)C32. The van der Waals surface area contributed by atoms with Gasteiger partial charge in [-0.3, -0.25) is 14.9 Å². The largest absolute Gasteiger partial charge is 0.508 e. The summed E-state index contributed by atoms with van der Waals surface area (Å²) in [5, 5.41) is 46.5. The third-order valence-electron chi connectivity index (χ3n) is 10.7. The number of nitro benzene ring substituents is 1. The van der Waals surface area contributed by atoms with Gasteiger partial charge in [-0.1, -0.05) is 37.1 Å². The summed E-state index contributed by atoms with van der Waals surface area (Å²) >= 11 is 0. The summed E-state index contributed by atoms with van der Waals surface area (Å²) in [5.74, 6) is -1.64. The summed E-state index contributed by atoms with van der Waals surface area (Å²) in [4.78, 5) is 33.2. The fraction of sp³-hybridized carbons (Fsp3) is 0.535. The molecule has 6 unspecified atom stereocenters. The molecule has 1 saturated carbocycles. The van der Waals surface area contributed by atoms with Gasteiger partial charge in [0.15, 0.2) is 0 Å². The molecule has 1 heterocycles. The van der Waals surface area contributed by atoms with Crippen LogP contribution in [0.1, 0.15) is 96.1 Å². The number of fused-ring (bicyclic) bond motifs is 2. The van der Waals surface area contributed by atoms with Crippen molar-refractivity contribution in [2.75, 3.05) is 26.4 Å². The van der Waals surface area contributed by atoms with Gasteiger partial charge in [0.25, 0.3) is 5.69 Å². The van der Waals surface area contributed by atoms with E-state index in [1.165, 1.54) is 18.2 Å². The van der Waals surface area contributed by atoms with Crippen LogP contribution in [0.3, 0.4) is 0 Å². The first-order valence-electron chi connectivity index (χ1n) is 19.6. The van der Waals surface area contributed by atoms with Gasteiger partial charge in [-0.15, -0.1) is 6.58 Å². The number of aliphatic hydroxyl groups excluding tert-OH is 2. The Morgan fingerprint density at radius 3 is 2.45 bits per heavy atom. The van der Waals surface area contributed by atoms with Gasteiger partial charge in [-0.05, 0) is 112 Å². The van der Waals surface area contributed by atoms with E-state index in [1.54, 1.807) is 47.4 Å². The fourth-order valence-corrected chi connectivity index (χ4v) is 8.48. The Morgan fingerprint density at radius 2 is 1.82 bits per heavy atom. The number of allylic oxidation sites excluding steroid dienone is 1. The zero-order chi connectivity index (χ0) is 39.8. The van der Waals surface area contributed by atoms with Crippen LogP contribution in [0.5, 0.6) is 11.5 Å². The molecular weight excluding hydrogens is 702 g/mol. The Labute approximate surface area is 324 Å². The number of non-ortho nitro benzene ring substituents is 1. The maximum Gasteiger partial charge on any atom is 0.269 e. The van der Waals surface area contributed by atoms with Crippen LogP contribution in [-0.4, -0.2) is 80.6 Å². The molecule has 0 spiro atoms. The average molecular weight is 760 g/mol. The van der Waals surface area contributed by atoms with Crippen molar-refractivity contribution in [2.45, 2.75) is 102 Å². The second-order valence-corrected chi connectivity index (χ2v) is 15.7. The van der Waals surface area contributed by atoms with Gasteiger partial charge < -0.3 is 34.5 Å². The van der Waals surface area contributed by atoms with E-state index in [1.807, 2.05) is 27.7 Å². The third-order valence-corrected chi connectivity index (χ3v) is 10.7. The minimum Gasteiger partial charge on any atom is -0.508 e. The van der Waals surface area contributed by atoms with Crippen LogP contribution in [0, 0.1) is 27.9 Å². The zero-order valence-corrected chi connectivity index (χ0v) is 32.6. The highest BCUT2D eigenvalue weighted by Crippen LogP contribution is 2.62. The summed E-state index contributed by atoms with van der Waals surface area (Å²) in [7, 11) is 0. The molecular formula is C43H57N3O9. The number of phenolic OH excluding ortho intramolecular Hbond substituents is 1. The molecule has 1 amide bonds. The van der Waals surface area contributed by atoms with Crippen LogP contribution in [0.15, 0.2) is 78.0 Å². The number of unbranched alkanes of at least 4 members (excludes halogenated alkanes) is 2. The van der Waals surface area contributed by atoms with Gasteiger partial charge in [0.1, 0.15) is 23.1 Å². The van der Waals surface area contributed by atoms with Gasteiger partial charge in [0.05, 0.1) is 23.2 Å². The lowest BCUT2D eigenvalue weighted by molar-refractivity contribution is -0.384. The van der Waals surface area contributed by atoms with E-state index in [4.69, 9.17) is 19.5 Å². The van der Waals surface area contributed by atoms with E-state index in [9.17, 15) is 30.2 Å². The number of nitrogens with zero attached hydrogens (tertiary/aromatic N) is 3. The molecule has 12 nitrogen and oxygen atoms in total. The second-order valence-electron chi connectivity index (χ2n) is 15.7. The Balaban J connectivity index is 1.73. The predicted octanol–water partition coefficient (Wildman–Crippen LogP) is 7.68. The number of amides is 1. The number of hydrogen-bond acceptors (Lipinski definition) is 10. The predicted molar refractivity (Wildman–Crippen MR) is 212 cm³/mol. The maximum atomic E-state index is 14.5. The molecule has 12 heteroatoms. The number of benzene rings is 2. The quantitative estimate of drug-likeness (QED) is 0.0455. The van der Waals surface area contributed by atoms with E-state index < -0.39 is 28.3 Å². The van der Waals surface area contributed by atoms with Crippen molar-refractivity contribution in [1.82, 2.24) is 4.90 Å². The number of hydrogen-bond donors (Lipinski definition) is 3. The third kappa shape index (κ3) is 9.48. The van der Waals surface area contributed by atoms with Crippen LogP contribution in [0.4, 0.5) is 5.69 Å². The highest BCUT2D eigenvalue weighted by atomic mass is 16.7. The molecule has 6 atom stereocenters. The number of oxime groups is 1. The van der Waals surface area contributed by atoms with Crippen LogP contribution in [0.25, 0.3) is 6.08 Å². The molecule has 5 rings (SSSR count). The minimum absolute atomic E-state index is 0.0380. The summed E-state index contributed by atoms with van der Waals surface area (Å²) in [6, 6.07) is 10.5. The number of phenols is 1. The van der Waals surface area contributed by atoms with E-state index in [0.717, 1.165) is 36.8 Å². The van der Waals surface area contributed by atoms with Crippen molar-refractivity contribution in [1.29, 1.82) is 0 Å². The summed E-state index contributed by atoms with van der Waals surface area (Å²) in [6.45, 7) is 12.4. The lowest BCUT2D eigenvalue weighted by Gasteiger charge is -2.60. The molecule has 2 aromatic rings. The highest BCUT2D eigenvalue weighted by molar-refractivity contribution is 6.03. The van der Waals surface area contributed by atoms with Gasteiger partial charge in [0, 0.05) is 55.9 Å². The van der Waals surface area contributed by atoms with Crippen LogP contribution >= 0.6 is 0 Å². The number of nitro groups is 1. The smallest absolute Gasteiger partial charge is 0.269 e. The molecule has 1 fully saturated rings. The van der Waals surface area contributed by atoms with Gasteiger partial charge in [0.2, 0.25) is 11.7 Å². The highest BCUT2D eigenvalue weighted by Gasteiger charge is 2.65. The van der Waals surface area contributed by atoms with Crippen molar-refractivity contribution >= 4 is 23.4 Å². The van der Waals surface area contributed by atoms with E-state index in [2.05, 4.69) is 12.7 Å². The number of carbonyl (C=O) groups is 1. The Bertz CT molecular complexity index is 1750. The molecule has 298 valence electrons. The summed E-state index contributed by atoms with van der Waals surface area (Å²) < 4.78 is 14.1. The average Bonchev–Trinajstić information content (AvgIpc) is 3.15. The summed E-state index contributed by atoms with van der Waals surface area (Å²) in [5.41, 5.74) is 2.44. The fourth-order valence-electron chi connectivity index (χ4n) is 8.48. The zero-order valence-electron chi connectivity index (χ0n) is 32.6. The lowest BCUT2D eigenvalue weighted by Crippen LogP contribution is -2.70. The standard InChI is InChI=1S/C43H57N3O9/c1-6-22-45(39(50)21-16-29-14-17-31(18-15-29)46(51)52)38-28-36(44-55-42(3,4)5)34-26-30(12-8-10-23-47)33(13-9-11-24-48)40-35-27-32(49)19-20-37(35)54-43(38,41(34)40)53-25-7-2/h7,14-21,26-27,30,33,38,40-41,47-49H,2,6,8-13,22-25,28H2,1,3-5H3. The molecule has 1 aliphatic heterocycles. The second kappa shape index (κ2) is 18.4. The van der Waals surface area contributed by atoms with E-state index >= 15 is 0 Å². The van der Waals surface area contributed by atoms with Crippen molar-refractivity contribution in [2.24, 2.45) is 22.9 Å². The first kappa shape index (κ1) is 41.6. The maximum absolute atomic E-state index is 14.5. The van der Waals surface area contributed by atoms with Crippen molar-refractivity contribution in [3.05, 3.63) is 94.1 Å². The number of carbonyl (C=O) groups excluding carboxylic acids is 1. The van der Waals surface area contributed by atoms with Crippen molar-refractivity contribution < 1.29 is 39.3 Å². The normalized spacial score (nSPS) is 25.1. The molecule has 2 aromatic carbocycles. The molecule has 3 aliphatic rings. The molecule has 3 N–H and O–H groups in total. The first-order valence-corrected chi connectivity index (χ1v) is 19.6. The molecule has 55 heavy (non-hydrogen) atoms. The Morgan fingerprint density at radius 1 is 1.11 bits per heavy atom. The van der Waals surface area contributed by atoms with E-state index in [-0.39, 0.29) is 61.3 Å². The first-order chi connectivity index (χ1) is 26.4. The Kier molecular flexibility index (Phi) is 13.9. The number of aromatic hydroxyl groups is 1. The lowest BCUT2D eigenvalue weighted by atomic mass is 9.55. The molecule has 0 bridgehead atoms. The van der Waals surface area contributed by atoms with Crippen LogP contribution in [0.2, 0.25) is 0 Å². The van der Waals surface area contributed by atoms with Gasteiger partial charge in [-0.25, -0.2) is 0 Å². The number of aliphatic hydroxyl groups is 2. The molecule has 0 saturated heterocycles. The monoisotopic (exact) mass is 759 g/mol. The van der Waals surface area contributed by atoms with E-state index in [0.29, 0.717) is 42.8 Å². The van der Waals surface area contributed by atoms with Crippen molar-refractivity contribution in [3.8, 4) is 11.5 Å². The number of ether oxygens (including phenoxy) is 2. The topological polar surface area (TPSA) is 164 Å². The Hall–Kier alpha value is -4.52. The molecule has 0 aromatic heterocycles. The van der Waals surface area contributed by atoms with Gasteiger partial charge in [-0.2, -0.15) is 0 Å². The van der Waals surface area contributed by atoms with Crippen LogP contribution < -0.4 is 4.74 Å². The molecule has 0 radical (unpaired) electrons. The molecule has 2 aliphatic carbocycles. The van der Waals surface area contributed by atoms with Crippen LogP contribution in [-0.2, 0) is 14.4 Å².